The zero-order valence-corrected chi connectivity index (χ0v) is 12.3. The number of thioether (sulfide) groups is 1. The predicted octanol–water partition coefficient (Wildman–Crippen LogP) is 2.61. The van der Waals surface area contributed by atoms with Crippen LogP contribution in [0.1, 0.15) is 39.5 Å². The van der Waals surface area contributed by atoms with E-state index >= 15 is 0 Å². The van der Waals surface area contributed by atoms with Crippen LogP contribution in [0, 0.1) is 17.3 Å². The van der Waals surface area contributed by atoms with E-state index in [2.05, 4.69) is 19.2 Å². The van der Waals surface area contributed by atoms with Crippen molar-refractivity contribution >= 4 is 17.7 Å². The molecule has 1 heterocycles. The summed E-state index contributed by atoms with van der Waals surface area (Å²) in [4.78, 5) is 11.2. The normalized spacial score (nSPS) is 35.6. The van der Waals surface area contributed by atoms with Crippen LogP contribution in [0.5, 0.6) is 0 Å². The van der Waals surface area contributed by atoms with Crippen LogP contribution in [-0.4, -0.2) is 35.2 Å². The Morgan fingerprint density at radius 3 is 2.89 bits per heavy atom. The number of hydrogen-bond donors (Lipinski definition) is 2. The molecule has 2 aliphatic rings. The third-order valence-corrected chi connectivity index (χ3v) is 5.78. The lowest BCUT2D eigenvalue weighted by Gasteiger charge is -2.39. The van der Waals surface area contributed by atoms with Crippen molar-refractivity contribution < 1.29 is 9.90 Å². The quantitative estimate of drug-likeness (QED) is 0.825. The highest BCUT2D eigenvalue weighted by Crippen LogP contribution is 2.36. The lowest BCUT2D eigenvalue weighted by Crippen LogP contribution is -2.48. The van der Waals surface area contributed by atoms with Crippen LogP contribution >= 0.6 is 11.8 Å². The minimum absolute atomic E-state index is 0.114. The van der Waals surface area contributed by atoms with E-state index < -0.39 is 5.97 Å². The Balaban J connectivity index is 1.85. The van der Waals surface area contributed by atoms with Crippen LogP contribution in [-0.2, 0) is 4.79 Å². The molecule has 1 saturated heterocycles. The average molecular weight is 271 g/mol. The van der Waals surface area contributed by atoms with Crippen LogP contribution in [0.25, 0.3) is 0 Å². The van der Waals surface area contributed by atoms with Gasteiger partial charge in [-0.3, -0.25) is 4.79 Å². The van der Waals surface area contributed by atoms with Gasteiger partial charge in [0.2, 0.25) is 0 Å². The van der Waals surface area contributed by atoms with Gasteiger partial charge in [-0.25, -0.2) is 0 Å². The highest BCUT2D eigenvalue weighted by atomic mass is 32.2. The minimum atomic E-state index is -0.600. The number of nitrogens with one attached hydrogen (secondary N) is 1. The number of hydrogen-bond acceptors (Lipinski definition) is 3. The Morgan fingerprint density at radius 1 is 1.44 bits per heavy atom. The van der Waals surface area contributed by atoms with Crippen molar-refractivity contribution in [3.63, 3.8) is 0 Å². The van der Waals surface area contributed by atoms with Gasteiger partial charge in [0.05, 0.1) is 5.92 Å². The fraction of sp³-hybridized carbons (Fsp3) is 0.929. The molecule has 2 fully saturated rings. The smallest absolute Gasteiger partial charge is 0.306 e. The van der Waals surface area contributed by atoms with Crippen LogP contribution in [0.15, 0.2) is 0 Å². The van der Waals surface area contributed by atoms with E-state index in [0.29, 0.717) is 17.4 Å². The summed E-state index contributed by atoms with van der Waals surface area (Å²) in [7, 11) is 0. The summed E-state index contributed by atoms with van der Waals surface area (Å²) in [5, 5.41) is 12.8. The van der Waals surface area contributed by atoms with Gasteiger partial charge in [-0.1, -0.05) is 20.3 Å². The number of carboxylic acids is 1. The molecule has 0 aromatic rings. The van der Waals surface area contributed by atoms with Gasteiger partial charge in [-0.15, -0.1) is 0 Å². The predicted molar refractivity (Wildman–Crippen MR) is 76.0 cm³/mol. The standard InChI is InChI=1S/C14H25NO2S/c1-14(2)6-7-18-9-12(14)15-8-10-4-3-5-11(10)13(16)17/h10-12,15H,3-9H2,1-2H3,(H,16,17). The zero-order valence-electron chi connectivity index (χ0n) is 11.4. The molecule has 18 heavy (non-hydrogen) atoms. The first kappa shape index (κ1) is 14.2. The molecule has 3 nitrogen and oxygen atoms in total. The topological polar surface area (TPSA) is 49.3 Å². The molecule has 0 amide bonds. The fourth-order valence-electron chi connectivity index (χ4n) is 3.17. The van der Waals surface area contributed by atoms with E-state index in [9.17, 15) is 9.90 Å². The van der Waals surface area contributed by atoms with E-state index in [1.807, 2.05) is 11.8 Å². The molecule has 4 heteroatoms. The summed E-state index contributed by atoms with van der Waals surface area (Å²) in [6.07, 6.45) is 4.27. The van der Waals surface area contributed by atoms with Gasteiger partial charge in [0, 0.05) is 11.8 Å². The van der Waals surface area contributed by atoms with Gasteiger partial charge in [0.15, 0.2) is 0 Å². The van der Waals surface area contributed by atoms with Gasteiger partial charge >= 0.3 is 5.97 Å². The molecule has 1 saturated carbocycles. The molecule has 2 rings (SSSR count). The van der Waals surface area contributed by atoms with Crippen molar-refractivity contribution in [3.05, 3.63) is 0 Å². The molecule has 2 N–H and O–H groups in total. The van der Waals surface area contributed by atoms with Crippen molar-refractivity contribution in [2.45, 2.75) is 45.6 Å². The minimum Gasteiger partial charge on any atom is -0.481 e. The van der Waals surface area contributed by atoms with E-state index in [1.165, 1.54) is 12.2 Å². The number of rotatable bonds is 4. The number of carboxylic acid groups (broad SMARTS) is 1. The largest absolute Gasteiger partial charge is 0.481 e. The van der Waals surface area contributed by atoms with Gasteiger partial charge in [0.25, 0.3) is 0 Å². The summed E-state index contributed by atoms with van der Waals surface area (Å²) in [5.41, 5.74) is 0.350. The van der Waals surface area contributed by atoms with Crippen molar-refractivity contribution in [1.29, 1.82) is 0 Å². The van der Waals surface area contributed by atoms with E-state index in [-0.39, 0.29) is 5.92 Å². The van der Waals surface area contributed by atoms with Crippen LogP contribution < -0.4 is 5.32 Å². The fourth-order valence-corrected chi connectivity index (χ4v) is 4.81. The zero-order chi connectivity index (χ0) is 13.2. The Kier molecular flexibility index (Phi) is 4.59. The summed E-state index contributed by atoms with van der Waals surface area (Å²) >= 11 is 2.02. The van der Waals surface area contributed by atoms with Gasteiger partial charge in [-0.05, 0) is 42.9 Å². The monoisotopic (exact) mass is 271 g/mol. The molecule has 0 spiro atoms. The maximum Gasteiger partial charge on any atom is 0.306 e. The molecule has 0 aromatic heterocycles. The first-order chi connectivity index (χ1) is 8.50. The maximum atomic E-state index is 11.2. The third kappa shape index (κ3) is 3.21. The highest BCUT2D eigenvalue weighted by molar-refractivity contribution is 7.99. The first-order valence-electron chi connectivity index (χ1n) is 7.04. The van der Waals surface area contributed by atoms with E-state index in [0.717, 1.165) is 31.6 Å². The molecule has 3 atom stereocenters. The van der Waals surface area contributed by atoms with Crippen molar-refractivity contribution in [1.82, 2.24) is 5.32 Å². The SMILES string of the molecule is CC1(C)CCSCC1NCC1CCCC1C(=O)O. The average Bonchev–Trinajstić information content (AvgIpc) is 2.75. The highest BCUT2D eigenvalue weighted by Gasteiger charge is 2.36. The van der Waals surface area contributed by atoms with Crippen LogP contribution in [0.3, 0.4) is 0 Å². The third-order valence-electron chi connectivity index (χ3n) is 4.72. The van der Waals surface area contributed by atoms with E-state index in [4.69, 9.17) is 0 Å². The van der Waals surface area contributed by atoms with Crippen LogP contribution in [0.4, 0.5) is 0 Å². The second-order valence-electron chi connectivity index (χ2n) is 6.41. The molecule has 0 radical (unpaired) electrons. The Hall–Kier alpha value is -0.220. The first-order valence-corrected chi connectivity index (χ1v) is 8.20. The van der Waals surface area contributed by atoms with Gasteiger partial charge < -0.3 is 10.4 Å². The Morgan fingerprint density at radius 2 is 2.22 bits per heavy atom. The molecular weight excluding hydrogens is 246 g/mol. The van der Waals surface area contributed by atoms with Gasteiger partial charge in [-0.2, -0.15) is 11.8 Å². The maximum absolute atomic E-state index is 11.2. The molecule has 0 bridgehead atoms. The van der Waals surface area contributed by atoms with Crippen molar-refractivity contribution in [2.75, 3.05) is 18.1 Å². The second-order valence-corrected chi connectivity index (χ2v) is 7.56. The molecule has 1 aliphatic heterocycles. The Bertz CT molecular complexity index is 306. The van der Waals surface area contributed by atoms with Gasteiger partial charge in [0.1, 0.15) is 0 Å². The Labute approximate surface area is 114 Å². The summed E-state index contributed by atoms with van der Waals surface area (Å²) < 4.78 is 0. The second kappa shape index (κ2) is 5.83. The van der Waals surface area contributed by atoms with E-state index in [1.54, 1.807) is 0 Å². The number of carbonyl (C=O) groups is 1. The molecule has 0 aromatic carbocycles. The lowest BCUT2D eigenvalue weighted by atomic mass is 9.82. The molecular formula is C14H25NO2S. The van der Waals surface area contributed by atoms with Crippen molar-refractivity contribution in [2.24, 2.45) is 17.3 Å². The summed E-state index contributed by atoms with van der Waals surface area (Å²) in [6, 6.07) is 0.534. The molecule has 3 unspecified atom stereocenters. The molecule has 104 valence electrons. The number of aliphatic carboxylic acids is 1. The van der Waals surface area contributed by atoms with Crippen molar-refractivity contribution in [3.8, 4) is 0 Å². The van der Waals surface area contributed by atoms with Crippen LogP contribution in [0.2, 0.25) is 0 Å². The molecule has 1 aliphatic carbocycles. The summed E-state index contributed by atoms with van der Waals surface area (Å²) in [5.74, 6) is 2.04. The summed E-state index contributed by atoms with van der Waals surface area (Å²) in [6.45, 7) is 5.53. The lowest BCUT2D eigenvalue weighted by molar-refractivity contribution is -0.142.